The van der Waals surface area contributed by atoms with Gasteiger partial charge in [-0.15, -0.1) is 0 Å². The lowest BCUT2D eigenvalue weighted by atomic mass is 9.85. The molecule has 1 fully saturated rings. The van der Waals surface area contributed by atoms with Gasteiger partial charge < -0.3 is 5.11 Å². The van der Waals surface area contributed by atoms with E-state index < -0.39 is 21.4 Å². The van der Waals surface area contributed by atoms with Gasteiger partial charge >= 0.3 is 5.97 Å². The number of carboxylic acids is 1. The number of sulfonamides is 1. The minimum absolute atomic E-state index is 0.109. The smallest absolute Gasteiger partial charge is 0.311 e. The minimum atomic E-state index is -3.25. The van der Waals surface area contributed by atoms with E-state index in [1.807, 2.05) is 0 Å². The van der Waals surface area contributed by atoms with E-state index in [2.05, 4.69) is 0 Å². The van der Waals surface area contributed by atoms with Crippen LogP contribution >= 0.6 is 0 Å². The maximum Gasteiger partial charge on any atom is 0.311 e. The third kappa shape index (κ3) is 1.90. The zero-order valence-electron chi connectivity index (χ0n) is 8.36. The number of nitrogens with zero attached hydrogens (tertiary/aromatic N) is 1. The quantitative estimate of drug-likeness (QED) is 0.735. The Hall–Kier alpha value is -0.620. The van der Waals surface area contributed by atoms with Crippen molar-refractivity contribution in [3.63, 3.8) is 0 Å². The summed E-state index contributed by atoms with van der Waals surface area (Å²) in [5.41, 5.74) is -0.872. The second-order valence-electron chi connectivity index (χ2n) is 3.79. The van der Waals surface area contributed by atoms with E-state index in [1.54, 1.807) is 6.92 Å². The number of hydrogen-bond acceptors (Lipinski definition) is 3. The number of hydrogen-bond donors (Lipinski definition) is 1. The molecule has 0 aromatic rings. The van der Waals surface area contributed by atoms with Crippen LogP contribution in [0, 0.1) is 5.41 Å². The van der Waals surface area contributed by atoms with Crippen molar-refractivity contribution in [3.8, 4) is 0 Å². The Morgan fingerprint density at radius 2 is 2.14 bits per heavy atom. The van der Waals surface area contributed by atoms with Crippen LogP contribution in [0.5, 0.6) is 0 Å². The van der Waals surface area contributed by atoms with Crippen LogP contribution in [-0.4, -0.2) is 43.1 Å². The van der Waals surface area contributed by atoms with Crippen LogP contribution in [0.4, 0.5) is 0 Å². The van der Waals surface area contributed by atoms with Gasteiger partial charge in [-0.25, -0.2) is 12.7 Å². The molecule has 6 heteroatoms. The van der Waals surface area contributed by atoms with Gasteiger partial charge in [0.25, 0.3) is 0 Å². The van der Waals surface area contributed by atoms with Gasteiger partial charge in [0.2, 0.25) is 10.0 Å². The van der Waals surface area contributed by atoms with Crippen LogP contribution in [0.15, 0.2) is 0 Å². The van der Waals surface area contributed by atoms with Crippen molar-refractivity contribution in [2.45, 2.75) is 19.8 Å². The van der Waals surface area contributed by atoms with Gasteiger partial charge in [-0.2, -0.15) is 0 Å². The van der Waals surface area contributed by atoms with Crippen molar-refractivity contribution >= 4 is 16.0 Å². The number of rotatable bonds is 3. The summed E-state index contributed by atoms with van der Waals surface area (Å²) in [7, 11) is -3.25. The predicted octanol–water partition coefficient (Wildman–Crippen LogP) is 0.133. The lowest BCUT2D eigenvalue weighted by Gasteiger charge is -2.21. The van der Waals surface area contributed by atoms with Crippen LogP contribution in [0.25, 0.3) is 0 Å². The van der Waals surface area contributed by atoms with E-state index in [-0.39, 0.29) is 6.54 Å². The lowest BCUT2D eigenvalue weighted by Crippen LogP contribution is -2.36. The molecule has 1 N–H and O–H groups in total. The Kier molecular flexibility index (Phi) is 2.87. The molecule has 1 saturated heterocycles. The zero-order valence-corrected chi connectivity index (χ0v) is 9.17. The predicted molar refractivity (Wildman–Crippen MR) is 51.4 cm³/mol. The van der Waals surface area contributed by atoms with Gasteiger partial charge in [-0.1, -0.05) is 6.92 Å². The van der Waals surface area contributed by atoms with Crippen LogP contribution in [0.3, 0.4) is 0 Å². The molecule has 0 saturated carbocycles. The molecule has 1 unspecified atom stereocenters. The Balaban J connectivity index is 2.87. The molecule has 0 amide bonds. The molecule has 0 bridgehead atoms. The topological polar surface area (TPSA) is 74.7 Å². The molecule has 0 aromatic heterocycles. The maximum atomic E-state index is 11.2. The second kappa shape index (κ2) is 3.51. The first kappa shape index (κ1) is 11.5. The highest BCUT2D eigenvalue weighted by molar-refractivity contribution is 7.88. The standard InChI is InChI=1S/C8H15NO4S/c1-3-8(7(10)11)4-5-9(6-8)14(2,12)13/h3-6H2,1-2H3,(H,10,11). The molecule has 0 spiro atoms. The number of carbonyl (C=O) groups is 1. The third-order valence-corrected chi connectivity index (χ3v) is 4.17. The number of aliphatic carboxylic acids is 1. The summed E-state index contributed by atoms with van der Waals surface area (Å²) in [4.78, 5) is 11.0. The van der Waals surface area contributed by atoms with E-state index in [9.17, 15) is 13.2 Å². The molecule has 14 heavy (non-hydrogen) atoms. The molecule has 82 valence electrons. The summed E-state index contributed by atoms with van der Waals surface area (Å²) in [6.45, 7) is 2.20. The van der Waals surface area contributed by atoms with Crippen molar-refractivity contribution in [2.24, 2.45) is 5.41 Å². The second-order valence-corrected chi connectivity index (χ2v) is 5.77. The van der Waals surface area contributed by atoms with Crippen LogP contribution < -0.4 is 0 Å². The van der Waals surface area contributed by atoms with Gasteiger partial charge in [-0.05, 0) is 12.8 Å². The summed E-state index contributed by atoms with van der Waals surface area (Å²) in [5.74, 6) is -0.897. The summed E-state index contributed by atoms with van der Waals surface area (Å²) in [6, 6.07) is 0. The monoisotopic (exact) mass is 221 g/mol. The fraction of sp³-hybridized carbons (Fsp3) is 0.875. The number of carboxylic acid groups (broad SMARTS) is 1. The van der Waals surface area contributed by atoms with E-state index >= 15 is 0 Å². The molecule has 1 atom stereocenters. The van der Waals surface area contributed by atoms with E-state index in [0.717, 1.165) is 6.26 Å². The Bertz CT molecular complexity index is 337. The highest BCUT2D eigenvalue weighted by Crippen LogP contribution is 2.35. The van der Waals surface area contributed by atoms with E-state index in [0.29, 0.717) is 19.4 Å². The van der Waals surface area contributed by atoms with Crippen molar-refractivity contribution < 1.29 is 18.3 Å². The van der Waals surface area contributed by atoms with Crippen molar-refractivity contribution in [3.05, 3.63) is 0 Å². The molecular weight excluding hydrogens is 206 g/mol. The van der Waals surface area contributed by atoms with Crippen LogP contribution in [-0.2, 0) is 14.8 Å². The summed E-state index contributed by atoms with van der Waals surface area (Å²) in [6.07, 6.45) is 1.99. The Morgan fingerprint density at radius 1 is 1.57 bits per heavy atom. The highest BCUT2D eigenvalue weighted by Gasteiger charge is 2.45. The summed E-state index contributed by atoms with van der Waals surface area (Å²) in [5, 5.41) is 9.03. The molecule has 1 aliphatic heterocycles. The zero-order chi connectivity index (χ0) is 11.0. The van der Waals surface area contributed by atoms with Gasteiger partial charge in [-0.3, -0.25) is 4.79 Å². The summed E-state index contributed by atoms with van der Waals surface area (Å²) >= 11 is 0. The van der Waals surface area contributed by atoms with E-state index in [4.69, 9.17) is 5.11 Å². The van der Waals surface area contributed by atoms with Crippen LogP contribution in [0.2, 0.25) is 0 Å². The molecular formula is C8H15NO4S. The van der Waals surface area contributed by atoms with Gasteiger partial charge in [0.1, 0.15) is 0 Å². The van der Waals surface area contributed by atoms with E-state index in [1.165, 1.54) is 4.31 Å². The Morgan fingerprint density at radius 3 is 2.36 bits per heavy atom. The Labute approximate surface area is 83.8 Å². The van der Waals surface area contributed by atoms with Gasteiger partial charge in [0.15, 0.2) is 0 Å². The van der Waals surface area contributed by atoms with Crippen molar-refractivity contribution in [1.29, 1.82) is 0 Å². The molecule has 0 radical (unpaired) electrons. The molecule has 0 aliphatic carbocycles. The fourth-order valence-corrected chi connectivity index (χ4v) is 2.64. The lowest BCUT2D eigenvalue weighted by molar-refractivity contribution is -0.148. The SMILES string of the molecule is CCC1(C(=O)O)CCN(S(C)(=O)=O)C1. The third-order valence-electron chi connectivity index (χ3n) is 2.92. The molecule has 1 rings (SSSR count). The first-order valence-corrected chi connectivity index (χ1v) is 6.35. The van der Waals surface area contributed by atoms with Gasteiger partial charge in [0.05, 0.1) is 11.7 Å². The van der Waals surface area contributed by atoms with Crippen LogP contribution in [0.1, 0.15) is 19.8 Å². The van der Waals surface area contributed by atoms with Crippen molar-refractivity contribution in [2.75, 3.05) is 19.3 Å². The fourth-order valence-electron chi connectivity index (χ4n) is 1.73. The first-order valence-electron chi connectivity index (χ1n) is 4.50. The maximum absolute atomic E-state index is 11.2. The first-order chi connectivity index (χ1) is 6.32. The normalized spacial score (nSPS) is 29.3. The van der Waals surface area contributed by atoms with Crippen molar-refractivity contribution in [1.82, 2.24) is 4.31 Å². The molecule has 1 heterocycles. The molecule has 5 nitrogen and oxygen atoms in total. The highest BCUT2D eigenvalue weighted by atomic mass is 32.2. The van der Waals surface area contributed by atoms with Gasteiger partial charge in [0, 0.05) is 13.1 Å². The average molecular weight is 221 g/mol. The summed E-state index contributed by atoms with van der Waals surface area (Å²) < 4.78 is 23.6. The average Bonchev–Trinajstić information content (AvgIpc) is 2.47. The molecule has 1 aliphatic rings. The largest absolute Gasteiger partial charge is 0.481 e. The molecule has 0 aromatic carbocycles. The minimum Gasteiger partial charge on any atom is -0.481 e.